The maximum atomic E-state index is 12.3. The third kappa shape index (κ3) is 4.74. The van der Waals surface area contributed by atoms with Gasteiger partial charge in [0.1, 0.15) is 0 Å². The fraction of sp³-hybridized carbons (Fsp3) is 0.350. The van der Waals surface area contributed by atoms with Crippen molar-refractivity contribution in [3.8, 4) is 0 Å². The molecule has 1 aliphatic rings. The summed E-state index contributed by atoms with van der Waals surface area (Å²) in [5, 5.41) is 3.75. The van der Waals surface area contributed by atoms with Crippen LogP contribution in [0.5, 0.6) is 0 Å². The number of carbonyl (C=O) groups excluding carboxylic acids is 1. The summed E-state index contributed by atoms with van der Waals surface area (Å²) < 4.78 is 0. The van der Waals surface area contributed by atoms with E-state index in [4.69, 9.17) is 11.6 Å². The molecule has 25 heavy (non-hydrogen) atoms. The van der Waals surface area contributed by atoms with Crippen LogP contribution in [-0.2, 0) is 4.79 Å². The molecule has 0 atom stereocenters. The number of piperazine rings is 1. The van der Waals surface area contributed by atoms with Crippen LogP contribution in [0.4, 0.5) is 11.4 Å². The number of aryl methyl sites for hydroxylation is 2. The number of hydrogen-bond acceptors (Lipinski definition) is 3. The van der Waals surface area contributed by atoms with Crippen molar-refractivity contribution in [3.05, 3.63) is 58.6 Å². The number of halogens is 1. The molecule has 1 aliphatic heterocycles. The molecule has 1 saturated heterocycles. The van der Waals surface area contributed by atoms with Crippen molar-refractivity contribution in [3.63, 3.8) is 0 Å². The Bertz CT molecular complexity index is 754. The minimum atomic E-state index is 0.0412. The van der Waals surface area contributed by atoms with Crippen LogP contribution >= 0.6 is 11.6 Å². The van der Waals surface area contributed by atoms with E-state index in [0.29, 0.717) is 6.54 Å². The van der Waals surface area contributed by atoms with Gasteiger partial charge in [0.25, 0.3) is 0 Å². The molecule has 2 aromatic rings. The lowest BCUT2D eigenvalue weighted by Gasteiger charge is -2.35. The maximum absolute atomic E-state index is 12.3. The van der Waals surface area contributed by atoms with Crippen LogP contribution in [0.1, 0.15) is 11.1 Å². The summed E-state index contributed by atoms with van der Waals surface area (Å²) in [6.45, 7) is 8.09. The molecule has 1 N–H and O–H groups in total. The molecule has 0 aliphatic carbocycles. The quantitative estimate of drug-likeness (QED) is 0.905. The van der Waals surface area contributed by atoms with Crippen molar-refractivity contribution in [2.45, 2.75) is 13.8 Å². The fourth-order valence-corrected chi connectivity index (χ4v) is 3.24. The zero-order valence-electron chi connectivity index (χ0n) is 14.8. The molecule has 1 heterocycles. The predicted octanol–water partition coefficient (Wildman–Crippen LogP) is 3.72. The van der Waals surface area contributed by atoms with E-state index >= 15 is 0 Å². The maximum Gasteiger partial charge on any atom is 0.238 e. The Kier molecular flexibility index (Phi) is 5.61. The van der Waals surface area contributed by atoms with Crippen LogP contribution in [-0.4, -0.2) is 43.5 Å². The van der Waals surface area contributed by atoms with E-state index < -0.39 is 0 Å². The number of nitrogens with zero attached hydrogens (tertiary/aromatic N) is 2. The summed E-state index contributed by atoms with van der Waals surface area (Å²) in [5.41, 5.74) is 4.43. The van der Waals surface area contributed by atoms with Crippen molar-refractivity contribution in [2.75, 3.05) is 42.9 Å². The number of hydrogen-bond donors (Lipinski definition) is 1. The first-order chi connectivity index (χ1) is 12.0. The van der Waals surface area contributed by atoms with Gasteiger partial charge in [0.2, 0.25) is 5.91 Å². The summed E-state index contributed by atoms with van der Waals surface area (Å²) in [7, 11) is 0. The third-order valence-corrected chi connectivity index (χ3v) is 4.94. The second-order valence-corrected chi connectivity index (χ2v) is 7.03. The van der Waals surface area contributed by atoms with Gasteiger partial charge < -0.3 is 10.2 Å². The monoisotopic (exact) mass is 357 g/mol. The molecule has 0 bridgehead atoms. The van der Waals surface area contributed by atoms with Crippen molar-refractivity contribution in [2.24, 2.45) is 0 Å². The normalized spacial score (nSPS) is 15.2. The van der Waals surface area contributed by atoms with Crippen LogP contribution in [0.25, 0.3) is 0 Å². The molecule has 5 heteroatoms. The summed E-state index contributed by atoms with van der Waals surface area (Å²) in [4.78, 5) is 16.8. The highest BCUT2D eigenvalue weighted by Crippen LogP contribution is 2.21. The Labute approximate surface area is 154 Å². The topological polar surface area (TPSA) is 35.6 Å². The van der Waals surface area contributed by atoms with Gasteiger partial charge in [-0.05, 0) is 55.3 Å². The van der Waals surface area contributed by atoms with E-state index in [-0.39, 0.29) is 5.91 Å². The first kappa shape index (κ1) is 17.8. The average molecular weight is 358 g/mol. The van der Waals surface area contributed by atoms with Gasteiger partial charge in [0.05, 0.1) is 6.54 Å². The van der Waals surface area contributed by atoms with Gasteiger partial charge in [-0.1, -0.05) is 23.7 Å². The lowest BCUT2D eigenvalue weighted by molar-refractivity contribution is -0.117. The number of nitrogens with one attached hydrogen (secondary N) is 1. The van der Waals surface area contributed by atoms with Crippen LogP contribution in [0, 0.1) is 13.8 Å². The highest BCUT2D eigenvalue weighted by molar-refractivity contribution is 6.30. The van der Waals surface area contributed by atoms with Crippen molar-refractivity contribution in [1.29, 1.82) is 0 Å². The summed E-state index contributed by atoms with van der Waals surface area (Å²) in [6.07, 6.45) is 0. The van der Waals surface area contributed by atoms with Gasteiger partial charge in [-0.15, -0.1) is 0 Å². The Morgan fingerprint density at radius 2 is 1.80 bits per heavy atom. The number of rotatable bonds is 4. The fourth-order valence-electron chi connectivity index (χ4n) is 3.06. The zero-order valence-corrected chi connectivity index (χ0v) is 15.5. The zero-order chi connectivity index (χ0) is 17.8. The molecule has 4 nitrogen and oxygen atoms in total. The summed E-state index contributed by atoms with van der Waals surface area (Å²) in [6, 6.07) is 13.9. The van der Waals surface area contributed by atoms with Crippen molar-refractivity contribution in [1.82, 2.24) is 4.90 Å². The van der Waals surface area contributed by atoms with E-state index in [1.54, 1.807) is 0 Å². The van der Waals surface area contributed by atoms with Crippen LogP contribution in [0.2, 0.25) is 5.02 Å². The number of benzene rings is 2. The molecular formula is C20H24ClN3O. The standard InChI is InChI=1S/C20H24ClN3O/c1-15-6-7-18(12-16(15)2)22-20(25)14-23-8-10-24(11-9-23)19-5-3-4-17(21)13-19/h3-7,12-13H,8-11,14H2,1-2H3,(H,22,25). The van der Waals surface area contributed by atoms with Gasteiger partial charge in [-0.2, -0.15) is 0 Å². The lowest BCUT2D eigenvalue weighted by atomic mass is 10.1. The van der Waals surface area contributed by atoms with Gasteiger partial charge in [-0.25, -0.2) is 0 Å². The first-order valence-electron chi connectivity index (χ1n) is 8.61. The summed E-state index contributed by atoms with van der Waals surface area (Å²) >= 11 is 6.07. The van der Waals surface area contributed by atoms with E-state index in [1.807, 2.05) is 36.4 Å². The second-order valence-electron chi connectivity index (χ2n) is 6.59. The largest absolute Gasteiger partial charge is 0.369 e. The van der Waals surface area contributed by atoms with Crippen molar-refractivity contribution >= 4 is 28.9 Å². The first-order valence-corrected chi connectivity index (χ1v) is 8.99. The molecule has 0 saturated carbocycles. The van der Waals surface area contributed by atoms with Crippen LogP contribution < -0.4 is 10.2 Å². The molecule has 0 unspecified atom stereocenters. The lowest BCUT2D eigenvalue weighted by Crippen LogP contribution is -2.48. The van der Waals surface area contributed by atoms with Gasteiger partial charge in [-0.3, -0.25) is 9.69 Å². The van der Waals surface area contributed by atoms with Crippen LogP contribution in [0.15, 0.2) is 42.5 Å². The highest BCUT2D eigenvalue weighted by atomic mass is 35.5. The van der Waals surface area contributed by atoms with E-state index in [0.717, 1.165) is 42.6 Å². The second kappa shape index (κ2) is 7.89. The molecule has 0 aromatic heterocycles. The Hall–Kier alpha value is -2.04. The van der Waals surface area contributed by atoms with Crippen molar-refractivity contribution < 1.29 is 4.79 Å². The van der Waals surface area contributed by atoms with Gasteiger partial charge in [0, 0.05) is 42.6 Å². The molecule has 3 rings (SSSR count). The molecule has 1 amide bonds. The Morgan fingerprint density at radius 3 is 2.48 bits per heavy atom. The highest BCUT2D eigenvalue weighted by Gasteiger charge is 2.19. The molecular weight excluding hydrogens is 334 g/mol. The van der Waals surface area contributed by atoms with Gasteiger partial charge in [0.15, 0.2) is 0 Å². The third-order valence-electron chi connectivity index (χ3n) is 4.70. The predicted molar refractivity (Wildman–Crippen MR) is 105 cm³/mol. The number of carbonyl (C=O) groups is 1. The minimum absolute atomic E-state index is 0.0412. The molecule has 0 spiro atoms. The number of anilines is 2. The summed E-state index contributed by atoms with van der Waals surface area (Å²) in [5.74, 6) is 0.0412. The average Bonchev–Trinajstić information content (AvgIpc) is 2.59. The van der Waals surface area contributed by atoms with E-state index in [1.165, 1.54) is 11.1 Å². The molecule has 1 fully saturated rings. The van der Waals surface area contributed by atoms with Gasteiger partial charge >= 0.3 is 0 Å². The Morgan fingerprint density at radius 1 is 1.04 bits per heavy atom. The molecule has 0 radical (unpaired) electrons. The van der Waals surface area contributed by atoms with E-state index in [9.17, 15) is 4.79 Å². The van der Waals surface area contributed by atoms with E-state index in [2.05, 4.69) is 35.0 Å². The minimum Gasteiger partial charge on any atom is -0.369 e. The van der Waals surface area contributed by atoms with Crippen LogP contribution in [0.3, 0.4) is 0 Å². The molecule has 132 valence electrons. The number of amides is 1. The molecule has 2 aromatic carbocycles. The SMILES string of the molecule is Cc1ccc(NC(=O)CN2CCN(c3cccc(Cl)c3)CC2)cc1C. The smallest absolute Gasteiger partial charge is 0.238 e. The Balaban J connectivity index is 1.50.